The van der Waals surface area contributed by atoms with E-state index < -0.39 is 0 Å². The van der Waals surface area contributed by atoms with Crippen molar-refractivity contribution in [1.82, 2.24) is 0 Å². The summed E-state index contributed by atoms with van der Waals surface area (Å²) in [6, 6.07) is 31.5. The zero-order valence-corrected chi connectivity index (χ0v) is 17.0. The Kier molecular flexibility index (Phi) is 5.48. The Hall–Kier alpha value is -3.32. The lowest BCUT2D eigenvalue weighted by molar-refractivity contribution is 0.463. The van der Waals surface area contributed by atoms with Crippen molar-refractivity contribution < 1.29 is 5.11 Å². The molecule has 4 aromatic rings. The molecule has 0 saturated carbocycles. The highest BCUT2D eigenvalue weighted by atomic mass is 16.3. The van der Waals surface area contributed by atoms with Gasteiger partial charge in [-0.3, -0.25) is 0 Å². The van der Waals surface area contributed by atoms with Crippen LogP contribution in [0.4, 0.5) is 0 Å². The zero-order valence-electron chi connectivity index (χ0n) is 17.0. The Morgan fingerprint density at radius 2 is 1.14 bits per heavy atom. The van der Waals surface area contributed by atoms with Crippen molar-refractivity contribution in [3.05, 3.63) is 124 Å². The Bertz CT molecular complexity index is 1050. The van der Waals surface area contributed by atoms with Crippen LogP contribution >= 0.6 is 0 Å². The predicted octanol–water partition coefficient (Wildman–Crippen LogP) is 6.86. The number of hydrogen-bond donors (Lipinski definition) is 1. The third-order valence-electron chi connectivity index (χ3n) is 5.45. The highest BCUT2D eigenvalue weighted by Crippen LogP contribution is 2.34. The van der Waals surface area contributed by atoms with E-state index in [0.717, 1.165) is 11.1 Å². The summed E-state index contributed by atoms with van der Waals surface area (Å²) in [7, 11) is 0. The minimum atomic E-state index is 0.409. The quantitative estimate of drug-likeness (QED) is 0.402. The molecule has 0 fully saturated rings. The fourth-order valence-corrected chi connectivity index (χ4v) is 3.86. The Balaban J connectivity index is 1.83. The van der Waals surface area contributed by atoms with Gasteiger partial charge < -0.3 is 5.11 Å². The van der Waals surface area contributed by atoms with E-state index in [1.807, 2.05) is 36.4 Å². The van der Waals surface area contributed by atoms with E-state index in [2.05, 4.69) is 68.4 Å². The summed E-state index contributed by atoms with van der Waals surface area (Å²) in [5.74, 6) is 0.409. The van der Waals surface area contributed by atoms with Crippen LogP contribution in [-0.2, 0) is 12.8 Å². The molecule has 0 radical (unpaired) electrons. The molecular formula is C28H26O. The third-order valence-corrected chi connectivity index (χ3v) is 5.45. The zero-order chi connectivity index (χ0) is 20.2. The standard InChI is InChI=1S/C28H26O/c1-20-13-14-21(2)27(15-20)24-18-25(16-22-9-5-3-6-10-22)28(29)26(19-24)17-23-11-7-4-8-12-23/h3-15,18-19,29H,16-17H2,1-2H3. The minimum Gasteiger partial charge on any atom is -0.507 e. The molecule has 0 aliphatic rings. The molecule has 1 heteroatoms. The van der Waals surface area contributed by atoms with Gasteiger partial charge in [0, 0.05) is 12.8 Å². The molecule has 0 aliphatic carbocycles. The number of phenolic OH excluding ortho intramolecular Hbond substituents is 1. The number of aromatic hydroxyl groups is 1. The van der Waals surface area contributed by atoms with Crippen molar-refractivity contribution in [2.24, 2.45) is 0 Å². The molecular weight excluding hydrogens is 352 g/mol. The van der Waals surface area contributed by atoms with Gasteiger partial charge in [0.05, 0.1) is 0 Å². The molecule has 0 aliphatic heterocycles. The lowest BCUT2D eigenvalue weighted by Gasteiger charge is -2.16. The Morgan fingerprint density at radius 1 is 0.621 bits per heavy atom. The summed E-state index contributed by atoms with van der Waals surface area (Å²) < 4.78 is 0. The maximum absolute atomic E-state index is 11.1. The molecule has 0 saturated heterocycles. The van der Waals surface area contributed by atoms with Gasteiger partial charge in [0.15, 0.2) is 0 Å². The first-order valence-corrected chi connectivity index (χ1v) is 10.1. The van der Waals surface area contributed by atoms with E-state index in [-0.39, 0.29) is 0 Å². The lowest BCUT2D eigenvalue weighted by Crippen LogP contribution is -1.97. The van der Waals surface area contributed by atoms with Crippen LogP contribution in [0.25, 0.3) is 11.1 Å². The fourth-order valence-electron chi connectivity index (χ4n) is 3.86. The second-order valence-electron chi connectivity index (χ2n) is 7.79. The number of phenols is 1. The van der Waals surface area contributed by atoms with Crippen molar-refractivity contribution in [2.45, 2.75) is 26.7 Å². The minimum absolute atomic E-state index is 0.409. The molecule has 1 N–H and O–H groups in total. The van der Waals surface area contributed by atoms with Crippen LogP contribution in [0.3, 0.4) is 0 Å². The summed E-state index contributed by atoms with van der Waals surface area (Å²) in [6.45, 7) is 4.27. The largest absolute Gasteiger partial charge is 0.507 e. The Morgan fingerprint density at radius 3 is 1.66 bits per heavy atom. The summed E-state index contributed by atoms with van der Waals surface area (Å²) in [4.78, 5) is 0. The van der Waals surface area contributed by atoms with Gasteiger partial charge in [-0.1, -0.05) is 84.4 Å². The van der Waals surface area contributed by atoms with Gasteiger partial charge >= 0.3 is 0 Å². The number of aryl methyl sites for hydroxylation is 2. The first-order valence-electron chi connectivity index (χ1n) is 10.1. The molecule has 144 valence electrons. The second kappa shape index (κ2) is 8.36. The maximum atomic E-state index is 11.1. The first-order chi connectivity index (χ1) is 14.1. The lowest BCUT2D eigenvalue weighted by atomic mass is 9.90. The number of rotatable bonds is 5. The van der Waals surface area contributed by atoms with E-state index in [1.165, 1.54) is 33.4 Å². The normalized spacial score (nSPS) is 10.8. The predicted molar refractivity (Wildman–Crippen MR) is 122 cm³/mol. The number of benzene rings is 4. The molecule has 29 heavy (non-hydrogen) atoms. The van der Waals surface area contributed by atoms with Crippen LogP contribution in [0.2, 0.25) is 0 Å². The monoisotopic (exact) mass is 378 g/mol. The van der Waals surface area contributed by atoms with E-state index >= 15 is 0 Å². The summed E-state index contributed by atoms with van der Waals surface area (Å²) >= 11 is 0. The van der Waals surface area contributed by atoms with E-state index in [9.17, 15) is 5.11 Å². The van der Waals surface area contributed by atoms with Gasteiger partial charge in [0.25, 0.3) is 0 Å². The van der Waals surface area contributed by atoms with Gasteiger partial charge in [-0.15, -0.1) is 0 Å². The molecule has 0 atom stereocenters. The van der Waals surface area contributed by atoms with Crippen molar-refractivity contribution in [3.8, 4) is 16.9 Å². The highest BCUT2D eigenvalue weighted by molar-refractivity contribution is 5.71. The molecule has 4 aromatic carbocycles. The van der Waals surface area contributed by atoms with Crippen LogP contribution in [0.15, 0.2) is 91.0 Å². The molecule has 0 amide bonds. The molecule has 0 bridgehead atoms. The molecule has 0 spiro atoms. The van der Waals surface area contributed by atoms with Crippen LogP contribution < -0.4 is 0 Å². The van der Waals surface area contributed by atoms with Gasteiger partial charge in [0.1, 0.15) is 5.75 Å². The van der Waals surface area contributed by atoms with Gasteiger partial charge in [-0.2, -0.15) is 0 Å². The molecule has 0 unspecified atom stereocenters. The molecule has 0 aromatic heterocycles. The highest BCUT2D eigenvalue weighted by Gasteiger charge is 2.14. The average Bonchev–Trinajstić information content (AvgIpc) is 2.74. The van der Waals surface area contributed by atoms with Crippen LogP contribution in [-0.4, -0.2) is 5.11 Å². The average molecular weight is 379 g/mol. The van der Waals surface area contributed by atoms with E-state index in [1.54, 1.807) is 0 Å². The van der Waals surface area contributed by atoms with E-state index in [4.69, 9.17) is 0 Å². The Labute approximate surface area is 173 Å². The first kappa shape index (κ1) is 19.0. The summed E-state index contributed by atoms with van der Waals surface area (Å²) in [5.41, 5.74) is 9.24. The van der Waals surface area contributed by atoms with Crippen molar-refractivity contribution in [1.29, 1.82) is 0 Å². The smallest absolute Gasteiger partial charge is 0.122 e. The summed E-state index contributed by atoms with van der Waals surface area (Å²) in [5, 5.41) is 11.1. The molecule has 1 nitrogen and oxygen atoms in total. The maximum Gasteiger partial charge on any atom is 0.122 e. The van der Waals surface area contributed by atoms with Gasteiger partial charge in [-0.25, -0.2) is 0 Å². The van der Waals surface area contributed by atoms with Crippen LogP contribution in [0, 0.1) is 13.8 Å². The molecule has 0 heterocycles. The fraction of sp³-hybridized carbons (Fsp3) is 0.143. The van der Waals surface area contributed by atoms with Crippen molar-refractivity contribution in [3.63, 3.8) is 0 Å². The summed E-state index contributed by atoms with van der Waals surface area (Å²) in [6.07, 6.45) is 1.43. The van der Waals surface area contributed by atoms with Gasteiger partial charge in [0.2, 0.25) is 0 Å². The number of hydrogen-bond acceptors (Lipinski definition) is 1. The van der Waals surface area contributed by atoms with Crippen molar-refractivity contribution in [2.75, 3.05) is 0 Å². The van der Waals surface area contributed by atoms with Crippen LogP contribution in [0.1, 0.15) is 33.4 Å². The topological polar surface area (TPSA) is 20.2 Å². The van der Waals surface area contributed by atoms with Crippen molar-refractivity contribution >= 4 is 0 Å². The van der Waals surface area contributed by atoms with Crippen LogP contribution in [0.5, 0.6) is 5.75 Å². The van der Waals surface area contributed by atoms with Gasteiger partial charge in [-0.05, 0) is 64.9 Å². The third kappa shape index (κ3) is 4.41. The SMILES string of the molecule is Cc1ccc(C)c(-c2cc(Cc3ccccc3)c(O)c(Cc3ccccc3)c2)c1. The second-order valence-corrected chi connectivity index (χ2v) is 7.79. The van der Waals surface area contributed by atoms with E-state index in [0.29, 0.717) is 18.6 Å². The molecule has 4 rings (SSSR count).